The summed E-state index contributed by atoms with van der Waals surface area (Å²) in [6.07, 6.45) is 5.70. The summed E-state index contributed by atoms with van der Waals surface area (Å²) >= 11 is 0. The van der Waals surface area contributed by atoms with Crippen LogP contribution in [0.5, 0.6) is 0 Å². The first kappa shape index (κ1) is 20.5. The molecule has 0 saturated heterocycles. The van der Waals surface area contributed by atoms with Crippen molar-refractivity contribution in [2.45, 2.75) is 56.1 Å². The van der Waals surface area contributed by atoms with Gasteiger partial charge >= 0.3 is 0 Å². The molecule has 7 nitrogen and oxygen atoms in total. The molecule has 30 heavy (non-hydrogen) atoms. The van der Waals surface area contributed by atoms with E-state index in [1.165, 1.54) is 0 Å². The van der Waals surface area contributed by atoms with E-state index in [-0.39, 0.29) is 5.25 Å². The minimum Gasteiger partial charge on any atom is -0.312 e. The maximum absolute atomic E-state index is 12.9. The summed E-state index contributed by atoms with van der Waals surface area (Å²) in [5, 5.41) is 7.10. The van der Waals surface area contributed by atoms with E-state index in [2.05, 4.69) is 20.2 Å². The van der Waals surface area contributed by atoms with E-state index in [1.807, 2.05) is 44.0 Å². The number of hydrogen-bond acceptors (Lipinski definition) is 6. The number of aromatic nitrogens is 4. The van der Waals surface area contributed by atoms with Crippen LogP contribution in [-0.2, 0) is 16.3 Å². The van der Waals surface area contributed by atoms with E-state index >= 15 is 0 Å². The lowest BCUT2D eigenvalue weighted by molar-refractivity contribution is 0.579. The van der Waals surface area contributed by atoms with Crippen LogP contribution in [0.1, 0.15) is 48.3 Å². The molecule has 1 aromatic carbocycles. The van der Waals surface area contributed by atoms with Gasteiger partial charge in [-0.1, -0.05) is 25.0 Å². The number of H-pyrrole nitrogens is 1. The van der Waals surface area contributed by atoms with Crippen molar-refractivity contribution < 1.29 is 8.42 Å². The highest BCUT2D eigenvalue weighted by molar-refractivity contribution is 7.92. The zero-order valence-electron chi connectivity index (χ0n) is 17.6. The van der Waals surface area contributed by atoms with Gasteiger partial charge in [0.1, 0.15) is 11.6 Å². The number of sulfone groups is 1. The summed E-state index contributed by atoms with van der Waals surface area (Å²) in [6.45, 7) is 4.00. The van der Waals surface area contributed by atoms with Crippen molar-refractivity contribution in [2.24, 2.45) is 0 Å². The fourth-order valence-electron chi connectivity index (χ4n) is 3.97. The number of hydrogen-bond donors (Lipinski definition) is 1. The zero-order valence-corrected chi connectivity index (χ0v) is 18.4. The van der Waals surface area contributed by atoms with Crippen LogP contribution in [0.15, 0.2) is 41.4 Å². The van der Waals surface area contributed by atoms with Gasteiger partial charge in [-0.3, -0.25) is 5.10 Å². The highest BCUT2D eigenvalue weighted by Gasteiger charge is 2.30. The summed E-state index contributed by atoms with van der Waals surface area (Å²) in [5.41, 5.74) is 2.98. The lowest BCUT2D eigenvalue weighted by Gasteiger charge is -2.17. The van der Waals surface area contributed by atoms with E-state index in [4.69, 9.17) is 0 Å². The van der Waals surface area contributed by atoms with Gasteiger partial charge < -0.3 is 4.90 Å². The summed E-state index contributed by atoms with van der Waals surface area (Å²) in [5.74, 6) is 2.20. The molecular formula is C22H27N5O2S. The van der Waals surface area contributed by atoms with E-state index in [0.29, 0.717) is 17.1 Å². The molecule has 0 bridgehead atoms. The molecule has 1 saturated carbocycles. The second-order valence-electron chi connectivity index (χ2n) is 7.96. The third-order valence-electron chi connectivity index (χ3n) is 5.91. The number of aryl methyl sites for hydroxylation is 1. The molecule has 8 heteroatoms. The fraction of sp³-hybridized carbons (Fsp3) is 0.409. The standard InChI is InChI=1S/C22H27N5O2S/c1-15-16(2)25-26-22(15)27(3)21-11-12-23-20(24-21)14-17-7-6-10-19(13-17)30(28,29)18-8-4-5-9-18/h6-7,10-13,18H,4-5,8-9,14H2,1-3H3,(H,25,26). The Morgan fingerprint density at radius 3 is 2.63 bits per heavy atom. The zero-order chi connectivity index (χ0) is 21.3. The van der Waals surface area contributed by atoms with Gasteiger partial charge in [0.2, 0.25) is 0 Å². The van der Waals surface area contributed by atoms with Gasteiger partial charge in [0.25, 0.3) is 0 Å². The molecule has 1 aliphatic carbocycles. The number of aromatic amines is 1. The Labute approximate surface area is 177 Å². The quantitative estimate of drug-likeness (QED) is 0.644. The number of benzene rings is 1. The Bertz CT molecular complexity index is 1150. The van der Waals surface area contributed by atoms with E-state index in [0.717, 1.165) is 54.1 Å². The SMILES string of the molecule is Cc1[nH]nc(N(C)c2ccnc(Cc3cccc(S(=O)(=O)C4CCCC4)c3)n2)c1C. The lowest BCUT2D eigenvalue weighted by atomic mass is 10.1. The van der Waals surface area contributed by atoms with Crippen LogP contribution in [0.3, 0.4) is 0 Å². The first-order valence-corrected chi connectivity index (χ1v) is 11.8. The highest BCUT2D eigenvalue weighted by atomic mass is 32.2. The molecule has 0 aliphatic heterocycles. The maximum atomic E-state index is 12.9. The second kappa shape index (κ2) is 8.18. The van der Waals surface area contributed by atoms with Crippen molar-refractivity contribution in [3.05, 3.63) is 59.2 Å². The predicted molar refractivity (Wildman–Crippen MR) is 117 cm³/mol. The van der Waals surface area contributed by atoms with Gasteiger partial charge in [0.15, 0.2) is 15.7 Å². The van der Waals surface area contributed by atoms with Crippen molar-refractivity contribution in [3.8, 4) is 0 Å². The Morgan fingerprint density at radius 1 is 1.17 bits per heavy atom. The van der Waals surface area contributed by atoms with Crippen LogP contribution in [0, 0.1) is 13.8 Å². The normalized spacial score (nSPS) is 14.9. The summed E-state index contributed by atoms with van der Waals surface area (Å²) < 4.78 is 25.9. The van der Waals surface area contributed by atoms with Gasteiger partial charge in [-0.05, 0) is 50.5 Å². The minimum absolute atomic E-state index is 0.249. The van der Waals surface area contributed by atoms with Gasteiger partial charge in [-0.2, -0.15) is 5.10 Å². The number of nitrogens with one attached hydrogen (secondary N) is 1. The Kier molecular flexibility index (Phi) is 5.60. The first-order valence-electron chi connectivity index (χ1n) is 10.3. The second-order valence-corrected chi connectivity index (χ2v) is 10.2. The van der Waals surface area contributed by atoms with Crippen LogP contribution in [0.2, 0.25) is 0 Å². The molecule has 4 rings (SSSR count). The Balaban J connectivity index is 1.57. The van der Waals surface area contributed by atoms with Crippen LogP contribution in [0.25, 0.3) is 0 Å². The molecule has 2 heterocycles. The summed E-state index contributed by atoms with van der Waals surface area (Å²) in [4.78, 5) is 11.4. The summed E-state index contributed by atoms with van der Waals surface area (Å²) in [7, 11) is -1.35. The predicted octanol–water partition coefficient (Wildman–Crippen LogP) is 3.89. The molecule has 158 valence electrons. The number of anilines is 2. The molecule has 0 atom stereocenters. The molecule has 2 aromatic heterocycles. The van der Waals surface area contributed by atoms with E-state index in [1.54, 1.807) is 18.3 Å². The van der Waals surface area contributed by atoms with Crippen molar-refractivity contribution in [3.63, 3.8) is 0 Å². The maximum Gasteiger partial charge on any atom is 0.181 e. The topological polar surface area (TPSA) is 91.8 Å². The van der Waals surface area contributed by atoms with Crippen LogP contribution in [-0.4, -0.2) is 40.9 Å². The van der Waals surface area contributed by atoms with Crippen molar-refractivity contribution in [2.75, 3.05) is 11.9 Å². The van der Waals surface area contributed by atoms with Gasteiger partial charge in [-0.25, -0.2) is 18.4 Å². The Morgan fingerprint density at radius 2 is 1.93 bits per heavy atom. The molecule has 0 unspecified atom stereocenters. The third kappa shape index (κ3) is 3.96. The number of nitrogens with zero attached hydrogens (tertiary/aromatic N) is 4. The van der Waals surface area contributed by atoms with Crippen LogP contribution < -0.4 is 4.90 Å². The first-order chi connectivity index (χ1) is 14.4. The Hall–Kier alpha value is -2.74. The monoisotopic (exact) mass is 425 g/mol. The third-order valence-corrected chi connectivity index (χ3v) is 8.17. The summed E-state index contributed by atoms with van der Waals surface area (Å²) in [6, 6.07) is 9.05. The minimum atomic E-state index is -3.27. The van der Waals surface area contributed by atoms with E-state index in [9.17, 15) is 8.42 Å². The molecule has 1 aliphatic rings. The molecule has 0 amide bonds. The molecule has 0 spiro atoms. The van der Waals surface area contributed by atoms with Gasteiger partial charge in [-0.15, -0.1) is 0 Å². The smallest absolute Gasteiger partial charge is 0.181 e. The average Bonchev–Trinajstić information content (AvgIpc) is 3.39. The fourth-order valence-corrected chi connectivity index (χ4v) is 5.90. The molecule has 3 aromatic rings. The van der Waals surface area contributed by atoms with E-state index < -0.39 is 9.84 Å². The van der Waals surface area contributed by atoms with Crippen LogP contribution >= 0.6 is 0 Å². The highest BCUT2D eigenvalue weighted by Crippen LogP contribution is 2.30. The van der Waals surface area contributed by atoms with Crippen LogP contribution in [0.4, 0.5) is 11.6 Å². The number of rotatable bonds is 6. The molecule has 1 fully saturated rings. The van der Waals surface area contributed by atoms with Crippen molar-refractivity contribution >= 4 is 21.5 Å². The van der Waals surface area contributed by atoms with Gasteiger partial charge in [0.05, 0.1) is 10.1 Å². The van der Waals surface area contributed by atoms with Gasteiger partial charge in [0, 0.05) is 30.9 Å². The van der Waals surface area contributed by atoms with Crippen molar-refractivity contribution in [1.82, 2.24) is 20.2 Å². The largest absolute Gasteiger partial charge is 0.312 e. The molecule has 0 radical (unpaired) electrons. The average molecular weight is 426 g/mol. The van der Waals surface area contributed by atoms with Crippen molar-refractivity contribution in [1.29, 1.82) is 0 Å². The molecule has 1 N–H and O–H groups in total. The molecular weight excluding hydrogens is 398 g/mol. The lowest BCUT2D eigenvalue weighted by Crippen LogP contribution is -2.18.